The Labute approximate surface area is 88.8 Å². The lowest BCUT2D eigenvalue weighted by Crippen LogP contribution is -2.26. The predicted molar refractivity (Wildman–Crippen MR) is 55.0 cm³/mol. The molecule has 0 aliphatic heterocycles. The highest BCUT2D eigenvalue weighted by molar-refractivity contribution is 5.89. The average Bonchev–Trinajstić information content (AvgIpc) is 2.30. The third kappa shape index (κ3) is 4.51. The molecule has 15 heavy (non-hydrogen) atoms. The molecule has 0 radical (unpaired) electrons. The van der Waals surface area contributed by atoms with Gasteiger partial charge in [-0.25, -0.2) is 15.4 Å². The summed E-state index contributed by atoms with van der Waals surface area (Å²) >= 11 is 0. The van der Waals surface area contributed by atoms with E-state index in [1.807, 2.05) is 0 Å². The second kappa shape index (κ2) is 6.89. The fourth-order valence-electron chi connectivity index (χ4n) is 1.00. The van der Waals surface area contributed by atoms with Crippen molar-refractivity contribution in [2.75, 3.05) is 6.61 Å². The summed E-state index contributed by atoms with van der Waals surface area (Å²) in [4.78, 5) is 23.9. The van der Waals surface area contributed by atoms with E-state index < -0.39 is 5.91 Å². The first-order valence-corrected chi connectivity index (χ1v) is 5.03. The summed E-state index contributed by atoms with van der Waals surface area (Å²) in [7, 11) is 0. The van der Waals surface area contributed by atoms with Gasteiger partial charge in [0.25, 0.3) is 0 Å². The third-order valence-electron chi connectivity index (χ3n) is 1.78. The number of amides is 1. The number of hydrogen-bond acceptors (Lipinski definition) is 4. The number of carbonyl (C=O) groups is 1. The first-order chi connectivity index (χ1) is 7.34. The number of carbonyl (C=O) groups excluding carboxylic acids is 1. The van der Waals surface area contributed by atoms with Crippen molar-refractivity contribution in [2.45, 2.75) is 26.2 Å². The Hall–Kier alpha value is -1.49. The molecule has 82 valence electrons. The maximum Gasteiger partial charge on any atom is 0.312 e. The summed E-state index contributed by atoms with van der Waals surface area (Å²) < 4.78 is 0. The number of nitrogens with one attached hydrogen (secondary N) is 1. The summed E-state index contributed by atoms with van der Waals surface area (Å²) in [6.07, 6.45) is 6.18. The fraction of sp³-hybridized carbons (Fsp3) is 0.500. The molecule has 0 bridgehead atoms. The standard InChI is InChI=1S/C10H15N3O2/c1-2-3-4-8-15-13-10(14)9-11-6-5-7-12-9/h5-7H,2-4,8H2,1H3,(H,13,14). The van der Waals surface area contributed by atoms with Crippen LogP contribution in [0.15, 0.2) is 18.5 Å². The van der Waals surface area contributed by atoms with Crippen LogP contribution in [0.5, 0.6) is 0 Å². The van der Waals surface area contributed by atoms with Crippen molar-refractivity contribution in [3.63, 3.8) is 0 Å². The SMILES string of the molecule is CCCCCONC(=O)c1ncccn1. The Morgan fingerprint density at radius 2 is 2.13 bits per heavy atom. The minimum absolute atomic E-state index is 0.119. The molecular weight excluding hydrogens is 194 g/mol. The maximum atomic E-state index is 11.3. The Morgan fingerprint density at radius 1 is 1.40 bits per heavy atom. The predicted octanol–water partition coefficient (Wildman–Crippen LogP) is 1.33. The molecule has 0 unspecified atom stereocenters. The van der Waals surface area contributed by atoms with Crippen LogP contribution in [0.1, 0.15) is 36.8 Å². The topological polar surface area (TPSA) is 64.1 Å². The molecule has 5 heteroatoms. The zero-order valence-corrected chi connectivity index (χ0v) is 8.77. The number of rotatable bonds is 6. The molecule has 0 saturated heterocycles. The molecule has 1 aromatic heterocycles. The van der Waals surface area contributed by atoms with Gasteiger partial charge in [0.05, 0.1) is 6.61 Å². The fourth-order valence-corrected chi connectivity index (χ4v) is 1.00. The molecule has 0 aliphatic rings. The number of aromatic nitrogens is 2. The molecule has 5 nitrogen and oxygen atoms in total. The smallest absolute Gasteiger partial charge is 0.273 e. The average molecular weight is 209 g/mol. The van der Waals surface area contributed by atoms with E-state index in [0.717, 1.165) is 19.3 Å². The van der Waals surface area contributed by atoms with Gasteiger partial charge in [0, 0.05) is 12.4 Å². The van der Waals surface area contributed by atoms with Crippen LogP contribution < -0.4 is 5.48 Å². The molecule has 1 amide bonds. The number of unbranched alkanes of at least 4 members (excludes halogenated alkanes) is 2. The van der Waals surface area contributed by atoms with Gasteiger partial charge in [-0.05, 0) is 12.5 Å². The molecule has 1 heterocycles. The van der Waals surface area contributed by atoms with Crippen molar-refractivity contribution < 1.29 is 9.63 Å². The van der Waals surface area contributed by atoms with E-state index in [1.165, 1.54) is 12.4 Å². The Kier molecular flexibility index (Phi) is 5.32. The van der Waals surface area contributed by atoms with Crippen LogP contribution in [-0.2, 0) is 4.84 Å². The van der Waals surface area contributed by atoms with Gasteiger partial charge in [-0.15, -0.1) is 0 Å². The molecular formula is C10H15N3O2. The van der Waals surface area contributed by atoms with Gasteiger partial charge >= 0.3 is 5.91 Å². The van der Waals surface area contributed by atoms with E-state index in [-0.39, 0.29) is 5.82 Å². The molecule has 0 fully saturated rings. The monoisotopic (exact) mass is 209 g/mol. The Morgan fingerprint density at radius 3 is 2.80 bits per heavy atom. The van der Waals surface area contributed by atoms with Gasteiger partial charge in [-0.1, -0.05) is 19.8 Å². The normalized spacial score (nSPS) is 9.93. The quantitative estimate of drug-likeness (QED) is 0.567. The van der Waals surface area contributed by atoms with Crippen LogP contribution in [0.25, 0.3) is 0 Å². The lowest BCUT2D eigenvalue weighted by molar-refractivity contribution is 0.0289. The molecule has 1 N–H and O–H groups in total. The molecule has 0 saturated carbocycles. The molecule has 0 aromatic carbocycles. The van der Waals surface area contributed by atoms with Gasteiger partial charge in [-0.3, -0.25) is 9.63 Å². The second-order valence-electron chi connectivity index (χ2n) is 3.06. The maximum absolute atomic E-state index is 11.3. The van der Waals surface area contributed by atoms with Crippen molar-refractivity contribution in [3.05, 3.63) is 24.3 Å². The van der Waals surface area contributed by atoms with Crippen molar-refractivity contribution in [3.8, 4) is 0 Å². The Bertz CT molecular complexity index is 290. The van der Waals surface area contributed by atoms with Crippen molar-refractivity contribution >= 4 is 5.91 Å². The highest BCUT2D eigenvalue weighted by atomic mass is 16.6. The summed E-state index contributed by atoms with van der Waals surface area (Å²) in [5.41, 5.74) is 2.29. The van der Waals surface area contributed by atoms with Crippen LogP contribution in [0.3, 0.4) is 0 Å². The van der Waals surface area contributed by atoms with Crippen LogP contribution >= 0.6 is 0 Å². The van der Waals surface area contributed by atoms with Gasteiger partial charge in [0.2, 0.25) is 5.82 Å². The first-order valence-electron chi connectivity index (χ1n) is 5.03. The van der Waals surface area contributed by atoms with Crippen LogP contribution in [0.4, 0.5) is 0 Å². The van der Waals surface area contributed by atoms with Crippen LogP contribution in [-0.4, -0.2) is 22.5 Å². The third-order valence-corrected chi connectivity index (χ3v) is 1.78. The van der Waals surface area contributed by atoms with E-state index in [2.05, 4.69) is 22.4 Å². The molecule has 0 atom stereocenters. The minimum atomic E-state index is -0.410. The highest BCUT2D eigenvalue weighted by Gasteiger charge is 2.06. The van der Waals surface area contributed by atoms with Crippen LogP contribution in [0, 0.1) is 0 Å². The lowest BCUT2D eigenvalue weighted by Gasteiger charge is -2.03. The first kappa shape index (κ1) is 11.6. The van der Waals surface area contributed by atoms with E-state index in [0.29, 0.717) is 6.61 Å². The molecule has 0 aliphatic carbocycles. The van der Waals surface area contributed by atoms with Gasteiger partial charge in [0.1, 0.15) is 0 Å². The molecule has 1 rings (SSSR count). The molecule has 0 spiro atoms. The Balaban J connectivity index is 2.20. The van der Waals surface area contributed by atoms with Crippen molar-refractivity contribution in [1.82, 2.24) is 15.4 Å². The summed E-state index contributed by atoms with van der Waals surface area (Å²) in [5, 5.41) is 0. The van der Waals surface area contributed by atoms with E-state index in [4.69, 9.17) is 4.84 Å². The number of hydroxylamine groups is 1. The molecule has 1 aromatic rings. The van der Waals surface area contributed by atoms with Gasteiger partial charge in [-0.2, -0.15) is 0 Å². The zero-order chi connectivity index (χ0) is 10.9. The van der Waals surface area contributed by atoms with Crippen molar-refractivity contribution in [1.29, 1.82) is 0 Å². The lowest BCUT2D eigenvalue weighted by atomic mass is 10.3. The van der Waals surface area contributed by atoms with Gasteiger partial charge in [0.15, 0.2) is 0 Å². The largest absolute Gasteiger partial charge is 0.312 e. The second-order valence-corrected chi connectivity index (χ2v) is 3.06. The van der Waals surface area contributed by atoms with E-state index in [1.54, 1.807) is 6.07 Å². The minimum Gasteiger partial charge on any atom is -0.273 e. The summed E-state index contributed by atoms with van der Waals surface area (Å²) in [6.45, 7) is 2.63. The van der Waals surface area contributed by atoms with E-state index in [9.17, 15) is 4.79 Å². The van der Waals surface area contributed by atoms with Crippen LogP contribution in [0.2, 0.25) is 0 Å². The number of hydrogen-bond donors (Lipinski definition) is 1. The van der Waals surface area contributed by atoms with E-state index >= 15 is 0 Å². The summed E-state index contributed by atoms with van der Waals surface area (Å²) in [5.74, 6) is -0.292. The van der Waals surface area contributed by atoms with Crippen molar-refractivity contribution in [2.24, 2.45) is 0 Å². The zero-order valence-electron chi connectivity index (χ0n) is 8.77. The highest BCUT2D eigenvalue weighted by Crippen LogP contribution is 1.93. The van der Waals surface area contributed by atoms with Gasteiger partial charge < -0.3 is 0 Å². The summed E-state index contributed by atoms with van der Waals surface area (Å²) in [6, 6.07) is 1.65. The number of nitrogens with zero attached hydrogens (tertiary/aromatic N) is 2.